The summed E-state index contributed by atoms with van der Waals surface area (Å²) in [7, 11) is 2.10. The molecule has 2 atom stereocenters. The molecular formula is C18H30N2. The maximum atomic E-state index is 3.45. The quantitative estimate of drug-likeness (QED) is 0.845. The lowest BCUT2D eigenvalue weighted by molar-refractivity contribution is 0.150. The second-order valence-corrected chi connectivity index (χ2v) is 6.58. The van der Waals surface area contributed by atoms with Crippen molar-refractivity contribution in [3.05, 3.63) is 30.3 Å². The molecule has 2 heteroatoms. The number of benzene rings is 1. The second kappa shape index (κ2) is 7.12. The van der Waals surface area contributed by atoms with Gasteiger partial charge in [-0.3, -0.25) is 0 Å². The van der Waals surface area contributed by atoms with Crippen LogP contribution >= 0.6 is 0 Å². The van der Waals surface area contributed by atoms with Gasteiger partial charge in [0.1, 0.15) is 0 Å². The first-order chi connectivity index (χ1) is 9.69. The molecule has 0 spiro atoms. The van der Waals surface area contributed by atoms with Crippen LogP contribution in [0, 0.1) is 11.3 Å². The molecule has 1 saturated carbocycles. The fourth-order valence-electron chi connectivity index (χ4n) is 3.93. The molecule has 1 N–H and O–H groups in total. The number of hydrogen-bond donors (Lipinski definition) is 1. The first-order valence-corrected chi connectivity index (χ1v) is 8.14. The summed E-state index contributed by atoms with van der Waals surface area (Å²) in [4.78, 5) is 2.55. The summed E-state index contributed by atoms with van der Waals surface area (Å²) in [6, 6.07) is 10.9. The Labute approximate surface area is 124 Å². The maximum Gasteiger partial charge on any atom is 0.0366 e. The number of nitrogens with one attached hydrogen (secondary N) is 1. The van der Waals surface area contributed by atoms with E-state index >= 15 is 0 Å². The number of rotatable bonds is 6. The zero-order chi connectivity index (χ0) is 14.4. The van der Waals surface area contributed by atoms with Crippen LogP contribution in [0.2, 0.25) is 0 Å². The summed E-state index contributed by atoms with van der Waals surface area (Å²) in [5.74, 6) is 0.867. The van der Waals surface area contributed by atoms with E-state index in [0.29, 0.717) is 5.41 Å². The van der Waals surface area contributed by atoms with E-state index in [9.17, 15) is 0 Å². The van der Waals surface area contributed by atoms with Crippen molar-refractivity contribution in [2.75, 3.05) is 31.6 Å². The number of anilines is 1. The van der Waals surface area contributed by atoms with Crippen LogP contribution in [-0.4, -0.2) is 26.7 Å². The van der Waals surface area contributed by atoms with Crippen molar-refractivity contribution in [2.24, 2.45) is 11.3 Å². The molecule has 2 unspecified atom stereocenters. The topological polar surface area (TPSA) is 15.3 Å². The van der Waals surface area contributed by atoms with Crippen LogP contribution in [0.25, 0.3) is 0 Å². The fourth-order valence-corrected chi connectivity index (χ4v) is 3.93. The summed E-state index contributed by atoms with van der Waals surface area (Å²) in [6.07, 6.45) is 5.51. The second-order valence-electron chi connectivity index (χ2n) is 6.58. The molecule has 112 valence electrons. The largest absolute Gasteiger partial charge is 0.371 e. The Bertz CT molecular complexity index is 386. The molecule has 2 rings (SSSR count). The SMILES string of the molecule is CCN(CC1(CNC)CCCC(C)C1)c1ccccc1. The average Bonchev–Trinajstić information content (AvgIpc) is 2.46. The van der Waals surface area contributed by atoms with Crippen molar-refractivity contribution >= 4 is 5.69 Å². The van der Waals surface area contributed by atoms with Crippen molar-refractivity contribution in [1.82, 2.24) is 5.32 Å². The van der Waals surface area contributed by atoms with Crippen LogP contribution in [0.1, 0.15) is 39.5 Å². The molecule has 20 heavy (non-hydrogen) atoms. The fraction of sp³-hybridized carbons (Fsp3) is 0.667. The first kappa shape index (κ1) is 15.4. The van der Waals surface area contributed by atoms with Crippen LogP contribution < -0.4 is 10.2 Å². The molecule has 1 aromatic carbocycles. The number of hydrogen-bond acceptors (Lipinski definition) is 2. The molecule has 0 amide bonds. The number of nitrogens with zero attached hydrogens (tertiary/aromatic N) is 1. The van der Waals surface area contributed by atoms with Gasteiger partial charge in [-0.1, -0.05) is 38.0 Å². The molecule has 0 aromatic heterocycles. The van der Waals surface area contributed by atoms with Crippen molar-refractivity contribution in [3.63, 3.8) is 0 Å². The Morgan fingerprint density at radius 2 is 2.05 bits per heavy atom. The molecule has 1 aliphatic rings. The van der Waals surface area contributed by atoms with Crippen LogP contribution in [0.5, 0.6) is 0 Å². The molecule has 1 fully saturated rings. The lowest BCUT2D eigenvalue weighted by Crippen LogP contribution is -2.46. The van der Waals surface area contributed by atoms with Gasteiger partial charge in [0.2, 0.25) is 0 Å². The van der Waals surface area contributed by atoms with Gasteiger partial charge in [0.25, 0.3) is 0 Å². The summed E-state index contributed by atoms with van der Waals surface area (Å²) in [5.41, 5.74) is 1.81. The van der Waals surface area contributed by atoms with Gasteiger partial charge >= 0.3 is 0 Å². The van der Waals surface area contributed by atoms with Gasteiger partial charge in [0.05, 0.1) is 0 Å². The Morgan fingerprint density at radius 3 is 2.65 bits per heavy atom. The van der Waals surface area contributed by atoms with Gasteiger partial charge in [-0.2, -0.15) is 0 Å². The molecular weight excluding hydrogens is 244 g/mol. The van der Waals surface area contributed by atoms with Crippen molar-refractivity contribution in [2.45, 2.75) is 39.5 Å². The Kier molecular flexibility index (Phi) is 5.47. The molecule has 1 aliphatic carbocycles. The van der Waals surface area contributed by atoms with E-state index in [1.54, 1.807) is 0 Å². The maximum absolute atomic E-state index is 3.45. The third-order valence-electron chi connectivity index (χ3n) is 4.77. The minimum Gasteiger partial charge on any atom is -0.371 e. The van der Waals surface area contributed by atoms with E-state index in [1.807, 2.05) is 0 Å². The Morgan fingerprint density at radius 1 is 1.30 bits per heavy atom. The minimum absolute atomic E-state index is 0.443. The van der Waals surface area contributed by atoms with Gasteiger partial charge in [0, 0.05) is 30.7 Å². The summed E-state index contributed by atoms with van der Waals surface area (Å²) in [5, 5.41) is 3.45. The molecule has 0 radical (unpaired) electrons. The number of para-hydroxylation sites is 1. The monoisotopic (exact) mass is 274 g/mol. The summed E-state index contributed by atoms with van der Waals surface area (Å²) < 4.78 is 0. The summed E-state index contributed by atoms with van der Waals surface area (Å²) in [6.45, 7) is 8.10. The summed E-state index contributed by atoms with van der Waals surface area (Å²) >= 11 is 0. The van der Waals surface area contributed by atoms with Crippen LogP contribution in [-0.2, 0) is 0 Å². The van der Waals surface area contributed by atoms with E-state index in [2.05, 4.69) is 61.4 Å². The van der Waals surface area contributed by atoms with Gasteiger partial charge in [0.15, 0.2) is 0 Å². The van der Waals surface area contributed by atoms with Gasteiger partial charge < -0.3 is 10.2 Å². The minimum atomic E-state index is 0.443. The Hall–Kier alpha value is -1.02. The van der Waals surface area contributed by atoms with Gasteiger partial charge in [-0.05, 0) is 44.9 Å². The van der Waals surface area contributed by atoms with Gasteiger partial charge in [-0.15, -0.1) is 0 Å². The predicted molar refractivity (Wildman–Crippen MR) is 88.3 cm³/mol. The van der Waals surface area contributed by atoms with E-state index in [1.165, 1.54) is 37.9 Å². The smallest absolute Gasteiger partial charge is 0.0366 e. The van der Waals surface area contributed by atoms with E-state index in [-0.39, 0.29) is 0 Å². The average molecular weight is 274 g/mol. The van der Waals surface area contributed by atoms with Crippen LogP contribution in [0.15, 0.2) is 30.3 Å². The van der Waals surface area contributed by atoms with E-state index in [0.717, 1.165) is 19.0 Å². The van der Waals surface area contributed by atoms with Crippen LogP contribution in [0.4, 0.5) is 5.69 Å². The van der Waals surface area contributed by atoms with Crippen molar-refractivity contribution in [1.29, 1.82) is 0 Å². The molecule has 0 aliphatic heterocycles. The normalized spacial score (nSPS) is 26.4. The third-order valence-corrected chi connectivity index (χ3v) is 4.77. The highest BCUT2D eigenvalue weighted by Crippen LogP contribution is 2.40. The molecule has 0 heterocycles. The highest BCUT2D eigenvalue weighted by Gasteiger charge is 2.35. The third kappa shape index (κ3) is 3.76. The van der Waals surface area contributed by atoms with Crippen molar-refractivity contribution < 1.29 is 0 Å². The molecule has 1 aromatic rings. The molecule has 0 bridgehead atoms. The van der Waals surface area contributed by atoms with E-state index in [4.69, 9.17) is 0 Å². The van der Waals surface area contributed by atoms with Crippen molar-refractivity contribution in [3.8, 4) is 0 Å². The predicted octanol–water partition coefficient (Wildman–Crippen LogP) is 3.93. The Balaban J connectivity index is 2.13. The highest BCUT2D eigenvalue weighted by molar-refractivity contribution is 5.46. The zero-order valence-corrected chi connectivity index (χ0v) is 13.4. The lowest BCUT2D eigenvalue weighted by Gasteiger charge is -2.44. The molecule has 0 saturated heterocycles. The molecule has 2 nitrogen and oxygen atoms in total. The van der Waals surface area contributed by atoms with Gasteiger partial charge in [-0.25, -0.2) is 0 Å². The standard InChI is InChI=1S/C18H30N2/c1-4-20(17-10-6-5-7-11-17)15-18(14-19-3)12-8-9-16(2)13-18/h5-7,10-11,16,19H,4,8-9,12-15H2,1-3H3. The highest BCUT2D eigenvalue weighted by atomic mass is 15.1. The van der Waals surface area contributed by atoms with Crippen LogP contribution in [0.3, 0.4) is 0 Å². The lowest BCUT2D eigenvalue weighted by atomic mass is 9.69. The van der Waals surface area contributed by atoms with E-state index < -0.39 is 0 Å². The zero-order valence-electron chi connectivity index (χ0n) is 13.4. The first-order valence-electron chi connectivity index (χ1n) is 8.14.